The molecule has 2 aromatic rings. The van der Waals surface area contributed by atoms with Crippen LogP contribution in [0.5, 0.6) is 0 Å². The number of sulfonamides is 1. The van der Waals surface area contributed by atoms with Crippen molar-refractivity contribution in [2.45, 2.75) is 52.7 Å². The van der Waals surface area contributed by atoms with Crippen LogP contribution in [-0.4, -0.2) is 49.5 Å². The van der Waals surface area contributed by atoms with E-state index in [-0.39, 0.29) is 12.5 Å². The molecule has 0 saturated heterocycles. The highest BCUT2D eigenvalue weighted by molar-refractivity contribution is 9.10. The maximum Gasteiger partial charge on any atom is 0.244 e. The third kappa shape index (κ3) is 7.85. The minimum Gasteiger partial charge on any atom is -0.350 e. The number of nitrogens with one attached hydrogen (secondary N) is 1. The van der Waals surface area contributed by atoms with Crippen molar-refractivity contribution in [3.8, 4) is 0 Å². The van der Waals surface area contributed by atoms with Crippen LogP contribution in [0, 0.1) is 6.92 Å². The van der Waals surface area contributed by atoms with Crippen LogP contribution < -0.4 is 9.62 Å². The van der Waals surface area contributed by atoms with E-state index in [1.165, 1.54) is 4.90 Å². The lowest BCUT2D eigenvalue weighted by molar-refractivity contribution is -0.140. The molecule has 0 aromatic heterocycles. The summed E-state index contributed by atoms with van der Waals surface area (Å²) in [5, 5.41) is 2.90. The summed E-state index contributed by atoms with van der Waals surface area (Å²) in [7, 11) is -3.77. The number of carbonyl (C=O) groups excluding carboxylic acids is 2. The fourth-order valence-electron chi connectivity index (χ4n) is 3.20. The van der Waals surface area contributed by atoms with Crippen molar-refractivity contribution in [2.24, 2.45) is 0 Å². The fourth-order valence-corrected chi connectivity index (χ4v) is 4.67. The van der Waals surface area contributed by atoms with Gasteiger partial charge in [-0.3, -0.25) is 13.9 Å². The van der Waals surface area contributed by atoms with Gasteiger partial charge in [-0.15, -0.1) is 0 Å². The van der Waals surface area contributed by atoms with E-state index in [1.54, 1.807) is 31.2 Å². The maximum atomic E-state index is 13.5. The second-order valence-corrected chi connectivity index (χ2v) is 11.9. The molecule has 1 unspecified atom stereocenters. The number of amides is 2. The monoisotopic (exact) mass is 537 g/mol. The van der Waals surface area contributed by atoms with Crippen LogP contribution in [0.1, 0.15) is 38.8 Å². The van der Waals surface area contributed by atoms with Crippen molar-refractivity contribution in [3.63, 3.8) is 0 Å². The highest BCUT2D eigenvalue weighted by atomic mass is 79.9. The van der Waals surface area contributed by atoms with E-state index in [2.05, 4.69) is 21.2 Å². The average Bonchev–Trinajstić information content (AvgIpc) is 2.69. The third-order valence-corrected chi connectivity index (χ3v) is 6.74. The minimum atomic E-state index is -3.77. The minimum absolute atomic E-state index is 0.172. The second kappa shape index (κ2) is 10.7. The fraction of sp³-hybridized carbons (Fsp3) is 0.417. The van der Waals surface area contributed by atoms with E-state index in [9.17, 15) is 18.0 Å². The summed E-state index contributed by atoms with van der Waals surface area (Å²) in [6.07, 6.45) is 1.06. The first-order valence-electron chi connectivity index (χ1n) is 10.6. The summed E-state index contributed by atoms with van der Waals surface area (Å²) in [6.45, 7) is 8.95. The zero-order chi connectivity index (χ0) is 25.0. The summed E-state index contributed by atoms with van der Waals surface area (Å²) < 4.78 is 26.8. The Bertz CT molecular complexity index is 1100. The molecular formula is C24H32BrN3O4S. The van der Waals surface area contributed by atoms with Gasteiger partial charge in [0.15, 0.2) is 0 Å². The summed E-state index contributed by atoms with van der Waals surface area (Å²) in [6, 6.07) is 13.6. The van der Waals surface area contributed by atoms with E-state index >= 15 is 0 Å². The Morgan fingerprint density at radius 2 is 1.64 bits per heavy atom. The lowest BCUT2D eigenvalue weighted by Crippen LogP contribution is -2.54. The number of hydrogen-bond acceptors (Lipinski definition) is 4. The van der Waals surface area contributed by atoms with E-state index in [0.29, 0.717) is 10.2 Å². The zero-order valence-electron chi connectivity index (χ0n) is 19.9. The first kappa shape index (κ1) is 26.9. The zero-order valence-corrected chi connectivity index (χ0v) is 22.3. The molecule has 1 N–H and O–H groups in total. The van der Waals surface area contributed by atoms with Crippen LogP contribution in [0.15, 0.2) is 53.0 Å². The largest absolute Gasteiger partial charge is 0.350 e. The number of para-hydroxylation sites is 1. The topological polar surface area (TPSA) is 86.8 Å². The standard InChI is InChI=1S/C24H32BrN3O4S/c1-17-11-13-19(14-12-17)15-27(18(2)23(30)26-24(3,4)5)22(29)16-28(33(6,31)32)21-10-8-7-9-20(21)25/h7-14,18H,15-16H2,1-6H3,(H,26,30). The number of rotatable bonds is 8. The van der Waals surface area contributed by atoms with Gasteiger partial charge in [0, 0.05) is 16.6 Å². The molecular weight excluding hydrogens is 506 g/mol. The predicted octanol–water partition coefficient (Wildman–Crippen LogP) is 3.86. The van der Waals surface area contributed by atoms with Crippen LogP contribution in [-0.2, 0) is 26.2 Å². The normalized spacial score (nSPS) is 12.7. The average molecular weight is 539 g/mol. The molecule has 180 valence electrons. The number of hydrogen-bond donors (Lipinski definition) is 1. The Kier molecular flexibility index (Phi) is 8.70. The van der Waals surface area contributed by atoms with Crippen molar-refractivity contribution in [1.82, 2.24) is 10.2 Å². The molecule has 0 saturated carbocycles. The molecule has 33 heavy (non-hydrogen) atoms. The molecule has 9 heteroatoms. The summed E-state index contributed by atoms with van der Waals surface area (Å²) in [4.78, 5) is 27.8. The number of carbonyl (C=O) groups is 2. The Balaban J connectivity index is 2.41. The smallest absolute Gasteiger partial charge is 0.244 e. The van der Waals surface area contributed by atoms with Gasteiger partial charge < -0.3 is 10.2 Å². The van der Waals surface area contributed by atoms with Gasteiger partial charge in [-0.1, -0.05) is 42.0 Å². The van der Waals surface area contributed by atoms with Crippen molar-refractivity contribution >= 4 is 43.5 Å². The Morgan fingerprint density at radius 3 is 2.15 bits per heavy atom. The maximum absolute atomic E-state index is 13.5. The molecule has 2 rings (SSSR count). The van der Waals surface area contributed by atoms with Gasteiger partial charge in [-0.25, -0.2) is 8.42 Å². The highest BCUT2D eigenvalue weighted by Crippen LogP contribution is 2.28. The molecule has 0 aliphatic rings. The highest BCUT2D eigenvalue weighted by Gasteiger charge is 2.31. The summed E-state index contributed by atoms with van der Waals surface area (Å²) in [5.74, 6) is -0.789. The van der Waals surface area contributed by atoms with Gasteiger partial charge in [0.05, 0.1) is 11.9 Å². The number of aryl methyl sites for hydroxylation is 1. The molecule has 0 spiro atoms. The quantitative estimate of drug-likeness (QED) is 0.553. The van der Waals surface area contributed by atoms with Crippen LogP contribution in [0.2, 0.25) is 0 Å². The van der Waals surface area contributed by atoms with Crippen molar-refractivity contribution in [3.05, 3.63) is 64.1 Å². The molecule has 0 bridgehead atoms. The Morgan fingerprint density at radius 1 is 1.06 bits per heavy atom. The van der Waals surface area contributed by atoms with E-state index < -0.39 is 34.1 Å². The van der Waals surface area contributed by atoms with Gasteiger partial charge in [-0.2, -0.15) is 0 Å². The van der Waals surface area contributed by atoms with Crippen LogP contribution in [0.4, 0.5) is 5.69 Å². The van der Waals surface area contributed by atoms with Gasteiger partial charge in [-0.05, 0) is 68.2 Å². The van der Waals surface area contributed by atoms with Crippen LogP contribution in [0.3, 0.4) is 0 Å². The molecule has 0 fully saturated rings. The van der Waals surface area contributed by atoms with E-state index in [0.717, 1.165) is 21.7 Å². The Labute approximate surface area is 205 Å². The molecule has 0 aliphatic carbocycles. The summed E-state index contributed by atoms with van der Waals surface area (Å²) in [5.41, 5.74) is 1.80. The Hall–Kier alpha value is -2.39. The van der Waals surface area contributed by atoms with Gasteiger partial charge >= 0.3 is 0 Å². The molecule has 0 aliphatic heterocycles. The number of anilines is 1. The SMILES string of the molecule is Cc1ccc(CN(C(=O)CN(c2ccccc2Br)S(C)(=O)=O)C(C)C(=O)NC(C)(C)C)cc1. The van der Waals surface area contributed by atoms with Gasteiger partial charge in [0.25, 0.3) is 0 Å². The first-order valence-corrected chi connectivity index (χ1v) is 13.2. The molecule has 7 nitrogen and oxygen atoms in total. The van der Waals surface area contributed by atoms with E-state index in [1.807, 2.05) is 52.0 Å². The van der Waals surface area contributed by atoms with Crippen LogP contribution in [0.25, 0.3) is 0 Å². The molecule has 0 radical (unpaired) electrons. The van der Waals surface area contributed by atoms with Crippen molar-refractivity contribution < 1.29 is 18.0 Å². The number of benzene rings is 2. The number of nitrogens with zero attached hydrogens (tertiary/aromatic N) is 2. The molecule has 0 heterocycles. The third-order valence-electron chi connectivity index (χ3n) is 4.94. The van der Waals surface area contributed by atoms with Gasteiger partial charge in [0.1, 0.15) is 12.6 Å². The van der Waals surface area contributed by atoms with Crippen molar-refractivity contribution in [1.29, 1.82) is 0 Å². The molecule has 1 atom stereocenters. The second-order valence-electron chi connectivity index (χ2n) is 9.14. The van der Waals surface area contributed by atoms with Crippen LogP contribution >= 0.6 is 15.9 Å². The van der Waals surface area contributed by atoms with Crippen molar-refractivity contribution in [2.75, 3.05) is 17.1 Å². The van der Waals surface area contributed by atoms with Gasteiger partial charge in [0.2, 0.25) is 21.8 Å². The predicted molar refractivity (Wildman–Crippen MR) is 135 cm³/mol. The molecule has 2 aromatic carbocycles. The number of halogens is 1. The first-order chi connectivity index (χ1) is 15.2. The van der Waals surface area contributed by atoms with E-state index in [4.69, 9.17) is 0 Å². The molecule has 2 amide bonds. The lowest BCUT2D eigenvalue weighted by Gasteiger charge is -2.33. The summed E-state index contributed by atoms with van der Waals surface area (Å²) >= 11 is 3.37. The lowest BCUT2D eigenvalue weighted by atomic mass is 10.1.